The first-order valence-electron chi connectivity index (χ1n) is 5.82. The Bertz CT molecular complexity index is 366. The number of methoxy groups -OCH3 is 1. The van der Waals surface area contributed by atoms with Crippen molar-refractivity contribution < 1.29 is 9.84 Å². The number of hydrogen-bond acceptors (Lipinski definition) is 4. The highest BCUT2D eigenvalue weighted by Crippen LogP contribution is 2.29. The van der Waals surface area contributed by atoms with Gasteiger partial charge in [0, 0.05) is 6.54 Å². The molecule has 0 saturated heterocycles. The Balaban J connectivity index is 3.07. The Kier molecular flexibility index (Phi) is 4.93. The number of benzene rings is 1. The van der Waals surface area contributed by atoms with Crippen molar-refractivity contribution in [3.63, 3.8) is 0 Å². The number of nitrogens with two attached hydrogens (primary N) is 2. The standard InChI is InChI=1S/C13H22N2O2/c1-8(2)10-6-9(4-5-12(10)17-3)13(15)11(16)7-14/h4-6,8,11,13,16H,7,14-15H2,1-3H3. The van der Waals surface area contributed by atoms with Gasteiger partial charge in [0.15, 0.2) is 0 Å². The van der Waals surface area contributed by atoms with Crippen molar-refractivity contribution >= 4 is 0 Å². The molecule has 96 valence electrons. The lowest BCUT2D eigenvalue weighted by atomic mass is 9.95. The molecule has 0 bridgehead atoms. The van der Waals surface area contributed by atoms with Crippen LogP contribution in [-0.4, -0.2) is 24.9 Å². The summed E-state index contributed by atoms with van der Waals surface area (Å²) in [5.74, 6) is 1.19. The Morgan fingerprint density at radius 2 is 2.00 bits per heavy atom. The molecule has 0 amide bonds. The van der Waals surface area contributed by atoms with Gasteiger partial charge in [0.1, 0.15) is 5.75 Å². The lowest BCUT2D eigenvalue weighted by Crippen LogP contribution is -2.32. The van der Waals surface area contributed by atoms with Gasteiger partial charge in [0.25, 0.3) is 0 Å². The highest BCUT2D eigenvalue weighted by Gasteiger charge is 2.17. The Morgan fingerprint density at radius 1 is 1.35 bits per heavy atom. The van der Waals surface area contributed by atoms with Crippen LogP contribution in [0.25, 0.3) is 0 Å². The lowest BCUT2D eigenvalue weighted by Gasteiger charge is -2.20. The van der Waals surface area contributed by atoms with Crippen molar-refractivity contribution in [2.75, 3.05) is 13.7 Å². The van der Waals surface area contributed by atoms with Crippen molar-refractivity contribution in [1.29, 1.82) is 0 Å². The minimum atomic E-state index is -0.719. The fourth-order valence-corrected chi connectivity index (χ4v) is 1.78. The average Bonchev–Trinajstić information content (AvgIpc) is 2.35. The molecule has 4 heteroatoms. The van der Waals surface area contributed by atoms with Crippen LogP contribution in [0.2, 0.25) is 0 Å². The van der Waals surface area contributed by atoms with Crippen LogP contribution in [0.5, 0.6) is 5.75 Å². The maximum Gasteiger partial charge on any atom is 0.122 e. The van der Waals surface area contributed by atoms with Crippen molar-refractivity contribution in [1.82, 2.24) is 0 Å². The van der Waals surface area contributed by atoms with Crippen LogP contribution >= 0.6 is 0 Å². The van der Waals surface area contributed by atoms with E-state index >= 15 is 0 Å². The monoisotopic (exact) mass is 238 g/mol. The Morgan fingerprint density at radius 3 is 2.47 bits per heavy atom. The topological polar surface area (TPSA) is 81.5 Å². The fraction of sp³-hybridized carbons (Fsp3) is 0.538. The van der Waals surface area contributed by atoms with E-state index < -0.39 is 12.1 Å². The summed E-state index contributed by atoms with van der Waals surface area (Å²) in [5.41, 5.74) is 13.3. The van der Waals surface area contributed by atoms with Gasteiger partial charge in [-0.3, -0.25) is 0 Å². The third kappa shape index (κ3) is 3.19. The van der Waals surface area contributed by atoms with Gasteiger partial charge >= 0.3 is 0 Å². The summed E-state index contributed by atoms with van der Waals surface area (Å²) in [7, 11) is 1.65. The highest BCUT2D eigenvalue weighted by atomic mass is 16.5. The van der Waals surface area contributed by atoms with E-state index in [1.807, 2.05) is 18.2 Å². The van der Waals surface area contributed by atoms with E-state index in [0.29, 0.717) is 5.92 Å². The molecule has 1 rings (SSSR count). The molecule has 2 atom stereocenters. The quantitative estimate of drug-likeness (QED) is 0.718. The van der Waals surface area contributed by atoms with Gasteiger partial charge < -0.3 is 21.3 Å². The van der Waals surface area contributed by atoms with Crippen LogP contribution in [0.4, 0.5) is 0 Å². The van der Waals surface area contributed by atoms with Crippen molar-refractivity contribution in [3.8, 4) is 5.75 Å². The predicted octanol–water partition coefficient (Wildman–Crippen LogP) is 1.14. The zero-order chi connectivity index (χ0) is 13.0. The van der Waals surface area contributed by atoms with E-state index in [1.165, 1.54) is 0 Å². The van der Waals surface area contributed by atoms with Crippen molar-refractivity contribution in [3.05, 3.63) is 29.3 Å². The lowest BCUT2D eigenvalue weighted by molar-refractivity contribution is 0.153. The largest absolute Gasteiger partial charge is 0.496 e. The first-order chi connectivity index (χ1) is 8.01. The summed E-state index contributed by atoms with van der Waals surface area (Å²) in [6.07, 6.45) is -0.719. The van der Waals surface area contributed by atoms with Gasteiger partial charge in [-0.25, -0.2) is 0 Å². The summed E-state index contributed by atoms with van der Waals surface area (Å²) in [6.45, 7) is 4.34. The zero-order valence-corrected chi connectivity index (χ0v) is 10.7. The number of hydrogen-bond donors (Lipinski definition) is 3. The number of rotatable bonds is 5. The van der Waals surface area contributed by atoms with E-state index in [9.17, 15) is 5.11 Å². The summed E-state index contributed by atoms with van der Waals surface area (Å²) < 4.78 is 5.30. The second-order valence-corrected chi connectivity index (χ2v) is 4.48. The van der Waals surface area contributed by atoms with Crippen molar-refractivity contribution in [2.24, 2.45) is 11.5 Å². The van der Waals surface area contributed by atoms with Crippen LogP contribution in [-0.2, 0) is 0 Å². The number of aliphatic hydroxyl groups excluding tert-OH is 1. The van der Waals surface area contributed by atoms with Gasteiger partial charge in [-0.05, 0) is 23.1 Å². The maximum atomic E-state index is 9.65. The fourth-order valence-electron chi connectivity index (χ4n) is 1.78. The third-order valence-electron chi connectivity index (χ3n) is 2.92. The average molecular weight is 238 g/mol. The SMILES string of the molecule is COc1ccc(C(N)C(O)CN)cc1C(C)C. The molecule has 2 unspecified atom stereocenters. The first kappa shape index (κ1) is 14.0. The minimum absolute atomic E-state index is 0.157. The van der Waals surface area contributed by atoms with E-state index in [1.54, 1.807) is 7.11 Å². The highest BCUT2D eigenvalue weighted by molar-refractivity contribution is 5.40. The van der Waals surface area contributed by atoms with E-state index in [4.69, 9.17) is 16.2 Å². The molecule has 5 N–H and O–H groups in total. The minimum Gasteiger partial charge on any atom is -0.496 e. The molecule has 1 aromatic carbocycles. The summed E-state index contributed by atoms with van der Waals surface area (Å²) in [5, 5.41) is 9.65. The van der Waals surface area contributed by atoms with E-state index in [-0.39, 0.29) is 6.54 Å². The van der Waals surface area contributed by atoms with Gasteiger partial charge in [0.2, 0.25) is 0 Å². The molecule has 17 heavy (non-hydrogen) atoms. The molecule has 1 aromatic rings. The summed E-state index contributed by atoms with van der Waals surface area (Å²) in [6, 6.07) is 5.28. The first-order valence-corrected chi connectivity index (χ1v) is 5.82. The van der Waals surface area contributed by atoms with Crippen LogP contribution in [0.3, 0.4) is 0 Å². The molecule has 0 aliphatic heterocycles. The van der Waals surface area contributed by atoms with Gasteiger partial charge in [-0.2, -0.15) is 0 Å². The normalized spacial score (nSPS) is 14.8. The van der Waals surface area contributed by atoms with Gasteiger partial charge in [0.05, 0.1) is 19.3 Å². The molecular weight excluding hydrogens is 216 g/mol. The third-order valence-corrected chi connectivity index (χ3v) is 2.92. The van der Waals surface area contributed by atoms with Crippen LogP contribution in [0.1, 0.15) is 36.9 Å². The molecule has 0 aromatic heterocycles. The Hall–Kier alpha value is -1.10. The van der Waals surface area contributed by atoms with E-state index in [2.05, 4.69) is 13.8 Å². The zero-order valence-electron chi connectivity index (χ0n) is 10.7. The van der Waals surface area contributed by atoms with Gasteiger partial charge in [-0.15, -0.1) is 0 Å². The van der Waals surface area contributed by atoms with Crippen molar-refractivity contribution in [2.45, 2.75) is 31.9 Å². The maximum absolute atomic E-state index is 9.65. The Labute approximate surface area is 103 Å². The molecule has 0 aliphatic carbocycles. The second-order valence-electron chi connectivity index (χ2n) is 4.48. The molecule has 0 saturated carbocycles. The molecular formula is C13H22N2O2. The number of ether oxygens (including phenoxy) is 1. The molecule has 0 spiro atoms. The second kappa shape index (κ2) is 6.00. The van der Waals surface area contributed by atoms with E-state index in [0.717, 1.165) is 16.9 Å². The molecule has 0 radical (unpaired) electrons. The van der Waals surface area contributed by atoms with Crippen LogP contribution in [0.15, 0.2) is 18.2 Å². The predicted molar refractivity (Wildman–Crippen MR) is 69.1 cm³/mol. The summed E-state index contributed by atoms with van der Waals surface area (Å²) in [4.78, 5) is 0. The molecule has 4 nitrogen and oxygen atoms in total. The summed E-state index contributed by atoms with van der Waals surface area (Å²) >= 11 is 0. The molecule has 0 heterocycles. The number of aliphatic hydroxyl groups is 1. The molecule has 0 fully saturated rings. The molecule has 0 aliphatic rings. The van der Waals surface area contributed by atoms with Gasteiger partial charge in [-0.1, -0.05) is 26.0 Å². The van der Waals surface area contributed by atoms with Crippen LogP contribution < -0.4 is 16.2 Å². The smallest absolute Gasteiger partial charge is 0.122 e. The van der Waals surface area contributed by atoms with Crippen LogP contribution in [0, 0.1) is 0 Å².